The first-order valence-corrected chi connectivity index (χ1v) is 3.25. The Morgan fingerprint density at radius 3 is 2.14 bits per heavy atom. The molecule has 0 heterocycles. The van der Waals surface area contributed by atoms with E-state index in [1.54, 1.807) is 0 Å². The molecule has 0 aliphatic carbocycles. The van der Waals surface area contributed by atoms with Crippen molar-refractivity contribution in [3.05, 3.63) is 0 Å². The summed E-state index contributed by atoms with van der Waals surface area (Å²) in [6.45, 7) is 0. The Bertz CT molecular complexity index is 40.7. The lowest BCUT2D eigenvalue weighted by Gasteiger charge is -2.00. The molecule has 3 heteroatoms. The van der Waals surface area contributed by atoms with Crippen molar-refractivity contribution in [3.8, 4) is 0 Å². The van der Waals surface area contributed by atoms with Gasteiger partial charge in [-0.3, -0.25) is 0 Å². The summed E-state index contributed by atoms with van der Waals surface area (Å²) < 4.78 is 0. The van der Waals surface area contributed by atoms with Crippen molar-refractivity contribution >= 4 is 23.2 Å². The second-order valence-corrected chi connectivity index (χ2v) is 2.08. The smallest absolute Gasteiger partial charge is 0.0375 e. The molecule has 44 valence electrons. The maximum atomic E-state index is 5.37. The third-order valence-corrected chi connectivity index (χ3v) is 1.29. The van der Waals surface area contributed by atoms with Gasteiger partial charge in [-0.2, -0.15) is 0 Å². The Morgan fingerprint density at radius 1 is 1.43 bits per heavy atom. The maximum absolute atomic E-state index is 5.37. The van der Waals surface area contributed by atoms with Gasteiger partial charge in [-0.1, -0.05) is 0 Å². The molecule has 0 spiro atoms. The Kier molecular flexibility index (Phi) is 5.05. The second-order valence-electron chi connectivity index (χ2n) is 1.39. The van der Waals surface area contributed by atoms with Crippen LogP contribution in [0.1, 0.15) is 6.42 Å². The molecule has 0 saturated carbocycles. The molecule has 1 atom stereocenters. The van der Waals surface area contributed by atoms with Crippen molar-refractivity contribution in [2.45, 2.75) is 12.5 Å². The second kappa shape index (κ2) is 4.69. The van der Waals surface area contributed by atoms with Crippen LogP contribution >= 0.6 is 23.2 Å². The lowest BCUT2D eigenvalue weighted by atomic mass is 10.3. The van der Waals surface area contributed by atoms with Gasteiger partial charge in [-0.15, -0.1) is 23.2 Å². The minimum atomic E-state index is 0.0826. The zero-order chi connectivity index (χ0) is 5.70. The molecule has 0 amide bonds. The highest BCUT2D eigenvalue weighted by Gasteiger charge is 1.95. The van der Waals surface area contributed by atoms with Gasteiger partial charge in [0.25, 0.3) is 0 Å². The maximum Gasteiger partial charge on any atom is 0.0375 e. The first-order chi connectivity index (χ1) is 3.31. The zero-order valence-corrected chi connectivity index (χ0v) is 5.54. The summed E-state index contributed by atoms with van der Waals surface area (Å²) in [6.07, 6.45) is 0.811. The highest BCUT2D eigenvalue weighted by molar-refractivity contribution is 6.19. The van der Waals surface area contributed by atoms with Crippen LogP contribution in [0.25, 0.3) is 0 Å². The van der Waals surface area contributed by atoms with E-state index in [1.807, 2.05) is 0 Å². The lowest BCUT2D eigenvalue weighted by Crippen LogP contribution is -2.21. The van der Waals surface area contributed by atoms with Crippen molar-refractivity contribution in [1.82, 2.24) is 0 Å². The summed E-state index contributed by atoms with van der Waals surface area (Å²) in [4.78, 5) is 0. The summed E-state index contributed by atoms with van der Waals surface area (Å²) in [5.41, 5.74) is 5.37. The number of hydrogen-bond donors (Lipinski definition) is 1. The fraction of sp³-hybridized carbons (Fsp3) is 1.00. The number of alkyl halides is 2. The number of halogens is 2. The lowest BCUT2D eigenvalue weighted by molar-refractivity contribution is 0.725. The van der Waals surface area contributed by atoms with Crippen LogP contribution in [0.3, 0.4) is 0 Å². The molecule has 0 saturated heterocycles. The van der Waals surface area contributed by atoms with Crippen molar-refractivity contribution in [2.75, 3.05) is 11.8 Å². The molecule has 0 aromatic carbocycles. The minimum absolute atomic E-state index is 0.0826. The Labute approximate surface area is 53.8 Å². The van der Waals surface area contributed by atoms with Gasteiger partial charge in [0.1, 0.15) is 0 Å². The van der Waals surface area contributed by atoms with E-state index in [-0.39, 0.29) is 6.04 Å². The molecule has 0 bridgehead atoms. The molecule has 0 aliphatic heterocycles. The van der Waals surface area contributed by atoms with Gasteiger partial charge in [0.2, 0.25) is 0 Å². The monoisotopic (exact) mass is 141 g/mol. The molecule has 0 aromatic heterocycles. The molecule has 0 rings (SSSR count). The Hall–Kier alpha value is 0.540. The SMILES string of the molecule is NC(CCl)CCCl. The Morgan fingerprint density at radius 2 is 2.00 bits per heavy atom. The van der Waals surface area contributed by atoms with Crippen LogP contribution in [0.5, 0.6) is 0 Å². The van der Waals surface area contributed by atoms with Gasteiger partial charge in [0, 0.05) is 17.8 Å². The summed E-state index contributed by atoms with van der Waals surface area (Å²) >= 11 is 10.7. The average molecular weight is 142 g/mol. The van der Waals surface area contributed by atoms with Crippen molar-refractivity contribution in [1.29, 1.82) is 0 Å². The third-order valence-electron chi connectivity index (χ3n) is 0.678. The van der Waals surface area contributed by atoms with Crippen LogP contribution in [0, 0.1) is 0 Å². The molecule has 0 aliphatic rings. The minimum Gasteiger partial charge on any atom is -0.327 e. The van der Waals surface area contributed by atoms with E-state index in [2.05, 4.69) is 0 Å². The van der Waals surface area contributed by atoms with Gasteiger partial charge >= 0.3 is 0 Å². The van der Waals surface area contributed by atoms with Crippen molar-refractivity contribution in [2.24, 2.45) is 5.73 Å². The van der Waals surface area contributed by atoms with Gasteiger partial charge in [0.05, 0.1) is 0 Å². The van der Waals surface area contributed by atoms with Crippen LogP contribution in [-0.2, 0) is 0 Å². The van der Waals surface area contributed by atoms with Gasteiger partial charge in [-0.05, 0) is 6.42 Å². The average Bonchev–Trinajstić information content (AvgIpc) is 1.68. The van der Waals surface area contributed by atoms with E-state index in [1.165, 1.54) is 0 Å². The summed E-state index contributed by atoms with van der Waals surface area (Å²) in [7, 11) is 0. The Balaban J connectivity index is 2.83. The topological polar surface area (TPSA) is 26.0 Å². The van der Waals surface area contributed by atoms with Crippen LogP contribution in [0.15, 0.2) is 0 Å². The van der Waals surface area contributed by atoms with E-state index >= 15 is 0 Å². The molecule has 0 radical (unpaired) electrons. The van der Waals surface area contributed by atoms with Crippen molar-refractivity contribution in [3.63, 3.8) is 0 Å². The summed E-state index contributed by atoms with van der Waals surface area (Å²) in [6, 6.07) is 0.0826. The van der Waals surface area contributed by atoms with Crippen molar-refractivity contribution < 1.29 is 0 Å². The largest absolute Gasteiger partial charge is 0.327 e. The predicted octanol–water partition coefficient (Wildman–Crippen LogP) is 1.18. The normalized spacial score (nSPS) is 14.1. The van der Waals surface area contributed by atoms with Gasteiger partial charge < -0.3 is 5.73 Å². The molecule has 1 unspecified atom stereocenters. The predicted molar refractivity (Wildman–Crippen MR) is 34.0 cm³/mol. The first-order valence-electron chi connectivity index (χ1n) is 2.18. The molecule has 0 fully saturated rings. The quantitative estimate of drug-likeness (QED) is 0.588. The third kappa shape index (κ3) is 4.39. The van der Waals surface area contributed by atoms with E-state index in [0.29, 0.717) is 11.8 Å². The number of nitrogens with two attached hydrogens (primary N) is 1. The fourth-order valence-electron chi connectivity index (χ4n) is 0.217. The molecule has 7 heavy (non-hydrogen) atoms. The molecular weight excluding hydrogens is 133 g/mol. The van der Waals surface area contributed by atoms with E-state index in [4.69, 9.17) is 28.9 Å². The highest BCUT2D eigenvalue weighted by atomic mass is 35.5. The van der Waals surface area contributed by atoms with Crippen LogP contribution in [-0.4, -0.2) is 17.8 Å². The summed E-state index contributed by atoms with van der Waals surface area (Å²) in [5.74, 6) is 1.11. The zero-order valence-electron chi connectivity index (χ0n) is 4.03. The first kappa shape index (κ1) is 7.54. The summed E-state index contributed by atoms with van der Waals surface area (Å²) in [5, 5.41) is 0. The molecular formula is C4H9Cl2N. The number of hydrogen-bond acceptors (Lipinski definition) is 1. The van der Waals surface area contributed by atoms with Crippen LogP contribution in [0.2, 0.25) is 0 Å². The van der Waals surface area contributed by atoms with Gasteiger partial charge in [0.15, 0.2) is 0 Å². The van der Waals surface area contributed by atoms with E-state index < -0.39 is 0 Å². The van der Waals surface area contributed by atoms with Gasteiger partial charge in [-0.25, -0.2) is 0 Å². The molecule has 1 nitrogen and oxygen atoms in total. The molecule has 2 N–H and O–H groups in total. The van der Waals surface area contributed by atoms with E-state index in [9.17, 15) is 0 Å². The van der Waals surface area contributed by atoms with E-state index in [0.717, 1.165) is 6.42 Å². The standard InChI is InChI=1S/C4H9Cl2N/c5-2-1-4(7)3-6/h4H,1-3,7H2. The van der Waals surface area contributed by atoms with Crippen LogP contribution < -0.4 is 5.73 Å². The highest BCUT2D eigenvalue weighted by Crippen LogP contribution is 1.91. The van der Waals surface area contributed by atoms with Crippen LogP contribution in [0.4, 0.5) is 0 Å². The molecule has 0 aromatic rings. The fourth-order valence-corrected chi connectivity index (χ4v) is 0.652. The number of rotatable bonds is 3.